The van der Waals surface area contributed by atoms with Crippen LogP contribution in [0.5, 0.6) is 0 Å². The molecule has 1 N–H and O–H groups in total. The van der Waals surface area contributed by atoms with Gasteiger partial charge in [-0.15, -0.1) is 0 Å². The first-order chi connectivity index (χ1) is 9.08. The predicted octanol–water partition coefficient (Wildman–Crippen LogP) is 1.70. The number of hydrogen-bond donors (Lipinski definition) is 1. The van der Waals surface area contributed by atoms with Gasteiger partial charge in [0.05, 0.1) is 13.1 Å². The summed E-state index contributed by atoms with van der Waals surface area (Å²) in [6.45, 7) is 5.13. The van der Waals surface area contributed by atoms with Crippen LogP contribution in [0.4, 0.5) is 0 Å². The lowest BCUT2D eigenvalue weighted by Crippen LogP contribution is -2.41. The number of carboxylic acid groups (broad SMARTS) is 1. The van der Waals surface area contributed by atoms with E-state index in [1.165, 1.54) is 6.42 Å². The molecule has 0 aromatic carbocycles. The summed E-state index contributed by atoms with van der Waals surface area (Å²) in [4.78, 5) is 26.4. The van der Waals surface area contributed by atoms with Gasteiger partial charge in [-0.1, -0.05) is 13.0 Å². The van der Waals surface area contributed by atoms with E-state index in [-0.39, 0.29) is 19.0 Å². The molecule has 0 aromatic heterocycles. The van der Waals surface area contributed by atoms with Crippen molar-refractivity contribution in [2.45, 2.75) is 39.5 Å². The van der Waals surface area contributed by atoms with Gasteiger partial charge in [-0.05, 0) is 39.2 Å². The number of allylic oxidation sites excluding steroid dienone is 2. The second-order valence-corrected chi connectivity index (χ2v) is 4.78. The van der Waals surface area contributed by atoms with E-state index in [0.29, 0.717) is 13.1 Å². The maximum absolute atomic E-state index is 12.3. The monoisotopic (exact) mass is 268 g/mol. The normalized spacial score (nSPS) is 15.2. The molecule has 19 heavy (non-hydrogen) atoms. The molecular formula is C14H24N2O3. The quantitative estimate of drug-likeness (QED) is 0.763. The van der Waals surface area contributed by atoms with Gasteiger partial charge in [0, 0.05) is 12.2 Å². The molecule has 0 saturated carbocycles. The highest BCUT2D eigenvalue weighted by Gasteiger charge is 2.20. The van der Waals surface area contributed by atoms with Crippen molar-refractivity contribution < 1.29 is 14.7 Å². The highest BCUT2D eigenvalue weighted by atomic mass is 16.4. The maximum Gasteiger partial charge on any atom is 0.317 e. The van der Waals surface area contributed by atoms with Gasteiger partial charge in [0.1, 0.15) is 0 Å². The van der Waals surface area contributed by atoms with Crippen LogP contribution in [0.15, 0.2) is 11.8 Å². The molecule has 5 nitrogen and oxygen atoms in total. The third-order valence-corrected chi connectivity index (χ3v) is 3.40. The Labute approximate surface area is 114 Å². The molecule has 0 aliphatic heterocycles. The van der Waals surface area contributed by atoms with Crippen LogP contribution >= 0.6 is 0 Å². The third-order valence-electron chi connectivity index (χ3n) is 3.40. The molecule has 0 radical (unpaired) electrons. The Hall–Kier alpha value is -1.36. The van der Waals surface area contributed by atoms with Crippen LogP contribution in [-0.4, -0.2) is 53.0 Å². The largest absolute Gasteiger partial charge is 0.480 e. The van der Waals surface area contributed by atoms with Crippen LogP contribution in [0.3, 0.4) is 0 Å². The molecule has 1 rings (SSSR count). The van der Waals surface area contributed by atoms with E-state index in [2.05, 4.69) is 6.08 Å². The van der Waals surface area contributed by atoms with Gasteiger partial charge in [0.25, 0.3) is 0 Å². The van der Waals surface area contributed by atoms with E-state index in [1.807, 2.05) is 13.8 Å². The molecular weight excluding hydrogens is 244 g/mol. The number of carbonyl (C=O) groups is 2. The van der Waals surface area contributed by atoms with Crippen LogP contribution in [0, 0.1) is 0 Å². The van der Waals surface area contributed by atoms with Gasteiger partial charge in [-0.2, -0.15) is 0 Å². The fraction of sp³-hybridized carbons (Fsp3) is 0.714. The van der Waals surface area contributed by atoms with Crippen LogP contribution in [-0.2, 0) is 9.59 Å². The van der Waals surface area contributed by atoms with Crippen molar-refractivity contribution in [2.24, 2.45) is 0 Å². The first kappa shape index (κ1) is 15.7. The summed E-state index contributed by atoms with van der Waals surface area (Å²) in [5.74, 6) is -0.895. The van der Waals surface area contributed by atoms with Crippen LogP contribution in [0.2, 0.25) is 0 Å². The molecule has 0 atom stereocenters. The average Bonchev–Trinajstić information content (AvgIpc) is 2.39. The topological polar surface area (TPSA) is 60.9 Å². The Kier molecular flexibility index (Phi) is 6.56. The first-order valence-corrected chi connectivity index (χ1v) is 7.02. The SMILES string of the molecule is CCN(CC(=O)O)CC(=O)N(CC)C1=CCCCC1. The molecule has 0 spiro atoms. The van der Waals surface area contributed by atoms with Gasteiger partial charge in [0.2, 0.25) is 5.91 Å². The van der Waals surface area contributed by atoms with E-state index >= 15 is 0 Å². The van der Waals surface area contributed by atoms with Gasteiger partial charge in [0.15, 0.2) is 0 Å². The van der Waals surface area contributed by atoms with E-state index in [9.17, 15) is 9.59 Å². The molecule has 1 amide bonds. The van der Waals surface area contributed by atoms with E-state index in [0.717, 1.165) is 25.0 Å². The lowest BCUT2D eigenvalue weighted by atomic mass is 10.0. The highest BCUT2D eigenvalue weighted by molar-refractivity contribution is 5.80. The Morgan fingerprint density at radius 3 is 2.42 bits per heavy atom. The second-order valence-electron chi connectivity index (χ2n) is 4.78. The van der Waals surface area contributed by atoms with Gasteiger partial charge in [-0.25, -0.2) is 0 Å². The zero-order valence-corrected chi connectivity index (χ0v) is 11.9. The van der Waals surface area contributed by atoms with Crippen molar-refractivity contribution in [3.8, 4) is 0 Å². The summed E-state index contributed by atoms with van der Waals surface area (Å²) in [6, 6.07) is 0. The molecule has 5 heteroatoms. The molecule has 0 aromatic rings. The Morgan fingerprint density at radius 2 is 1.95 bits per heavy atom. The summed E-state index contributed by atoms with van der Waals surface area (Å²) in [7, 11) is 0. The zero-order chi connectivity index (χ0) is 14.3. The Bertz CT molecular complexity index is 353. The lowest BCUT2D eigenvalue weighted by molar-refractivity contribution is -0.139. The average molecular weight is 268 g/mol. The molecule has 0 bridgehead atoms. The van der Waals surface area contributed by atoms with Gasteiger partial charge >= 0.3 is 5.97 Å². The van der Waals surface area contributed by atoms with Gasteiger partial charge < -0.3 is 10.0 Å². The lowest BCUT2D eigenvalue weighted by Gasteiger charge is -2.28. The van der Waals surface area contributed by atoms with Crippen molar-refractivity contribution in [2.75, 3.05) is 26.2 Å². The minimum absolute atomic E-state index is 0.00116. The van der Waals surface area contributed by atoms with E-state index < -0.39 is 5.97 Å². The zero-order valence-electron chi connectivity index (χ0n) is 11.9. The molecule has 108 valence electrons. The molecule has 1 aliphatic carbocycles. The smallest absolute Gasteiger partial charge is 0.317 e. The molecule has 0 heterocycles. The van der Waals surface area contributed by atoms with Crippen molar-refractivity contribution in [1.29, 1.82) is 0 Å². The van der Waals surface area contributed by atoms with E-state index in [1.54, 1.807) is 9.80 Å². The number of carboxylic acids is 1. The number of nitrogens with zero attached hydrogens (tertiary/aromatic N) is 2. The predicted molar refractivity (Wildman–Crippen MR) is 73.7 cm³/mol. The fourth-order valence-corrected chi connectivity index (χ4v) is 2.35. The van der Waals surface area contributed by atoms with Crippen LogP contribution in [0.1, 0.15) is 39.5 Å². The van der Waals surface area contributed by atoms with Crippen LogP contribution in [0.25, 0.3) is 0 Å². The summed E-state index contributed by atoms with van der Waals surface area (Å²) >= 11 is 0. The Morgan fingerprint density at radius 1 is 1.21 bits per heavy atom. The van der Waals surface area contributed by atoms with E-state index in [4.69, 9.17) is 5.11 Å². The molecule has 0 fully saturated rings. The third kappa shape index (κ3) is 5.03. The van der Waals surface area contributed by atoms with Crippen molar-refractivity contribution in [3.63, 3.8) is 0 Å². The highest BCUT2D eigenvalue weighted by Crippen LogP contribution is 2.21. The van der Waals surface area contributed by atoms with Crippen molar-refractivity contribution in [1.82, 2.24) is 9.80 Å². The minimum Gasteiger partial charge on any atom is -0.480 e. The van der Waals surface area contributed by atoms with Crippen molar-refractivity contribution >= 4 is 11.9 Å². The fourth-order valence-electron chi connectivity index (χ4n) is 2.35. The summed E-state index contributed by atoms with van der Waals surface area (Å²) < 4.78 is 0. The second kappa shape index (κ2) is 7.94. The van der Waals surface area contributed by atoms with Gasteiger partial charge in [-0.3, -0.25) is 14.5 Å². The number of carbonyl (C=O) groups excluding carboxylic acids is 1. The molecule has 1 aliphatic rings. The van der Waals surface area contributed by atoms with Crippen molar-refractivity contribution in [3.05, 3.63) is 11.8 Å². The molecule has 0 unspecified atom stereocenters. The number of likely N-dealkylation sites (N-methyl/N-ethyl adjacent to an activating group) is 2. The maximum atomic E-state index is 12.3. The number of amides is 1. The number of hydrogen-bond acceptors (Lipinski definition) is 3. The summed E-state index contributed by atoms with van der Waals surface area (Å²) in [6.07, 6.45) is 6.44. The Balaban J connectivity index is 2.62. The number of rotatable bonds is 7. The molecule has 0 saturated heterocycles. The standard InChI is InChI=1S/C14H24N2O3/c1-3-15(11-14(18)19)10-13(17)16(4-2)12-8-6-5-7-9-12/h8H,3-7,9-11H2,1-2H3,(H,18,19). The van der Waals surface area contributed by atoms with Crippen LogP contribution < -0.4 is 0 Å². The summed E-state index contributed by atoms with van der Waals surface area (Å²) in [5, 5.41) is 8.79. The first-order valence-electron chi connectivity index (χ1n) is 7.02. The number of aliphatic carboxylic acids is 1. The summed E-state index contributed by atoms with van der Waals surface area (Å²) in [5.41, 5.74) is 1.10. The minimum atomic E-state index is -0.894.